The number of anilines is 1. The zero-order valence-electron chi connectivity index (χ0n) is 18.6. The minimum Gasteiger partial charge on any atom is -0.453 e. The Morgan fingerprint density at radius 2 is 1.78 bits per heavy atom. The van der Waals surface area contributed by atoms with Gasteiger partial charge in [-0.3, -0.25) is 19.0 Å². The lowest BCUT2D eigenvalue weighted by Crippen LogP contribution is -2.29. The summed E-state index contributed by atoms with van der Waals surface area (Å²) < 4.78 is 34.6. The van der Waals surface area contributed by atoms with Crippen LogP contribution in [0.25, 0.3) is 5.69 Å². The van der Waals surface area contributed by atoms with Gasteiger partial charge in [0.05, 0.1) is 0 Å². The van der Waals surface area contributed by atoms with E-state index in [2.05, 4.69) is 10.3 Å². The highest BCUT2D eigenvalue weighted by atomic mass is 35.5. The lowest BCUT2D eigenvalue weighted by molar-refractivity contribution is 0.0993. The molecule has 0 aliphatic heterocycles. The van der Waals surface area contributed by atoms with Crippen LogP contribution in [-0.2, 0) is 0 Å². The van der Waals surface area contributed by atoms with Gasteiger partial charge >= 0.3 is 0 Å². The van der Waals surface area contributed by atoms with Gasteiger partial charge in [-0.2, -0.15) is 0 Å². The van der Waals surface area contributed by atoms with Crippen LogP contribution in [0, 0.1) is 18.6 Å². The Morgan fingerprint density at radius 3 is 2.44 bits per heavy atom. The van der Waals surface area contributed by atoms with Crippen LogP contribution >= 0.6 is 11.6 Å². The second-order valence-corrected chi connectivity index (χ2v) is 7.94. The highest BCUT2D eigenvalue weighted by molar-refractivity contribution is 6.34. The fourth-order valence-corrected chi connectivity index (χ4v) is 3.60. The van der Waals surface area contributed by atoms with E-state index in [1.165, 1.54) is 59.4 Å². The lowest BCUT2D eigenvalue weighted by Gasteiger charge is -2.13. The van der Waals surface area contributed by atoms with Crippen LogP contribution in [-0.4, -0.2) is 21.4 Å². The summed E-state index contributed by atoms with van der Waals surface area (Å²) in [6, 6.07) is 11.7. The number of nitrogens with two attached hydrogens (primary N) is 1. The molecule has 0 fully saturated rings. The van der Waals surface area contributed by atoms with Gasteiger partial charge in [0.1, 0.15) is 27.8 Å². The van der Waals surface area contributed by atoms with Crippen molar-refractivity contribution < 1.29 is 23.1 Å². The lowest BCUT2D eigenvalue weighted by atomic mass is 10.1. The number of primary amides is 1. The number of halogens is 3. The molecular formula is C25H17ClF2N4O4. The molecule has 0 bridgehead atoms. The summed E-state index contributed by atoms with van der Waals surface area (Å²) in [4.78, 5) is 41.1. The Morgan fingerprint density at radius 1 is 1.06 bits per heavy atom. The molecule has 0 atom stereocenters. The van der Waals surface area contributed by atoms with E-state index in [1.54, 1.807) is 13.0 Å². The first-order valence-corrected chi connectivity index (χ1v) is 10.7. The SMILES string of the molecule is Cc1ccn(-c2ccc(F)cc2)c(=O)c1C(=O)Nc1ccc(Oc2ccnc(C(N)=O)c2Cl)c(F)c1. The zero-order valence-corrected chi connectivity index (χ0v) is 19.3. The van der Waals surface area contributed by atoms with Crippen molar-refractivity contribution >= 4 is 29.1 Å². The summed E-state index contributed by atoms with van der Waals surface area (Å²) in [6.45, 7) is 1.58. The second kappa shape index (κ2) is 9.96. The summed E-state index contributed by atoms with van der Waals surface area (Å²) in [5, 5.41) is 2.31. The van der Waals surface area contributed by atoms with E-state index in [9.17, 15) is 23.2 Å². The van der Waals surface area contributed by atoms with E-state index in [0.717, 1.165) is 6.07 Å². The largest absolute Gasteiger partial charge is 0.453 e. The first-order chi connectivity index (χ1) is 17.2. The number of carbonyl (C=O) groups is 2. The number of nitrogens with one attached hydrogen (secondary N) is 1. The molecule has 4 rings (SSSR count). The quantitative estimate of drug-likeness (QED) is 0.393. The van der Waals surface area contributed by atoms with Crippen molar-refractivity contribution in [2.75, 3.05) is 5.32 Å². The number of hydrogen-bond donors (Lipinski definition) is 2. The van der Waals surface area contributed by atoms with Crippen molar-refractivity contribution in [3.05, 3.63) is 111 Å². The maximum absolute atomic E-state index is 14.7. The first kappa shape index (κ1) is 24.6. The monoisotopic (exact) mass is 510 g/mol. The fraction of sp³-hybridized carbons (Fsp3) is 0.0400. The molecule has 2 aromatic heterocycles. The number of rotatable bonds is 6. The molecule has 0 saturated carbocycles. The summed E-state index contributed by atoms with van der Waals surface area (Å²) in [5.74, 6) is -3.24. The van der Waals surface area contributed by atoms with Gasteiger partial charge < -0.3 is 15.8 Å². The Labute approximate surface area is 207 Å². The minimum absolute atomic E-state index is 0.0441. The number of hydrogen-bond acceptors (Lipinski definition) is 5. The van der Waals surface area contributed by atoms with E-state index < -0.39 is 29.0 Å². The molecule has 3 N–H and O–H groups in total. The number of nitrogens with zero attached hydrogens (tertiary/aromatic N) is 2. The second-order valence-electron chi connectivity index (χ2n) is 7.56. The number of benzene rings is 2. The summed E-state index contributed by atoms with van der Waals surface area (Å²) >= 11 is 6.05. The maximum atomic E-state index is 14.7. The number of carbonyl (C=O) groups excluding carboxylic acids is 2. The summed E-state index contributed by atoms with van der Waals surface area (Å²) in [5.41, 5.74) is 5.00. The van der Waals surface area contributed by atoms with Gasteiger partial charge in [-0.25, -0.2) is 13.8 Å². The summed E-state index contributed by atoms with van der Waals surface area (Å²) in [6.07, 6.45) is 2.70. The van der Waals surface area contributed by atoms with Gasteiger partial charge in [0, 0.05) is 35.9 Å². The van der Waals surface area contributed by atoms with Gasteiger partial charge in [-0.05, 0) is 55.0 Å². The number of aromatic nitrogens is 2. The molecule has 4 aromatic rings. The molecular weight excluding hydrogens is 494 g/mol. The zero-order chi connectivity index (χ0) is 26.0. The Bertz CT molecular complexity index is 1560. The minimum atomic E-state index is -0.876. The average molecular weight is 511 g/mol. The van der Waals surface area contributed by atoms with Crippen LogP contribution in [0.3, 0.4) is 0 Å². The topological polar surface area (TPSA) is 116 Å². The average Bonchev–Trinajstić information content (AvgIpc) is 2.82. The first-order valence-electron chi connectivity index (χ1n) is 10.4. The third-order valence-electron chi connectivity index (χ3n) is 5.13. The standard InChI is InChI=1S/C25H17ClF2N4O4/c1-13-9-11-32(16-5-2-14(27)3-6-16)25(35)20(13)24(34)31-15-4-7-18(17(28)12-15)36-19-8-10-30-22(21(19)26)23(29)33/h2-12H,1H3,(H2,29,33)(H,31,34). The summed E-state index contributed by atoms with van der Waals surface area (Å²) in [7, 11) is 0. The van der Waals surface area contributed by atoms with Crippen LogP contribution in [0.2, 0.25) is 5.02 Å². The number of pyridine rings is 2. The van der Waals surface area contributed by atoms with Gasteiger partial charge in [0.25, 0.3) is 17.4 Å². The Hall–Kier alpha value is -4.57. The number of amides is 2. The highest BCUT2D eigenvalue weighted by Gasteiger charge is 2.19. The molecule has 2 amide bonds. The van der Waals surface area contributed by atoms with Crippen molar-refractivity contribution in [1.29, 1.82) is 0 Å². The van der Waals surface area contributed by atoms with Crippen LogP contribution in [0.4, 0.5) is 14.5 Å². The predicted molar refractivity (Wildman–Crippen MR) is 129 cm³/mol. The van der Waals surface area contributed by atoms with E-state index in [1.807, 2.05) is 0 Å². The van der Waals surface area contributed by atoms with Gasteiger partial charge in [0.15, 0.2) is 11.6 Å². The molecule has 182 valence electrons. The van der Waals surface area contributed by atoms with Crippen LogP contribution in [0.15, 0.2) is 71.8 Å². The Kier molecular flexibility index (Phi) is 6.80. The molecule has 2 aromatic carbocycles. The van der Waals surface area contributed by atoms with Gasteiger partial charge in [-0.15, -0.1) is 0 Å². The van der Waals surface area contributed by atoms with Crippen molar-refractivity contribution in [2.45, 2.75) is 6.92 Å². The molecule has 0 spiro atoms. The van der Waals surface area contributed by atoms with Crippen LogP contribution in [0.5, 0.6) is 11.5 Å². The fourth-order valence-electron chi connectivity index (χ4n) is 3.36. The maximum Gasteiger partial charge on any atom is 0.268 e. The van der Waals surface area contributed by atoms with Crippen LogP contribution < -0.4 is 21.3 Å². The molecule has 2 heterocycles. The normalized spacial score (nSPS) is 10.7. The van der Waals surface area contributed by atoms with Crippen molar-refractivity contribution in [1.82, 2.24) is 9.55 Å². The third-order valence-corrected chi connectivity index (χ3v) is 5.49. The molecule has 0 radical (unpaired) electrons. The van der Waals surface area contributed by atoms with E-state index in [0.29, 0.717) is 11.3 Å². The predicted octanol–water partition coefficient (Wildman–Crippen LogP) is 4.62. The molecule has 8 nitrogen and oxygen atoms in total. The molecule has 0 unspecified atom stereocenters. The Balaban J connectivity index is 1.58. The highest BCUT2D eigenvalue weighted by Crippen LogP contribution is 2.33. The van der Waals surface area contributed by atoms with Crippen molar-refractivity contribution in [2.24, 2.45) is 5.73 Å². The van der Waals surface area contributed by atoms with Crippen LogP contribution in [0.1, 0.15) is 26.4 Å². The van der Waals surface area contributed by atoms with E-state index in [-0.39, 0.29) is 33.5 Å². The molecule has 0 aliphatic rings. The molecule has 0 aliphatic carbocycles. The van der Waals surface area contributed by atoms with Gasteiger partial charge in [0.2, 0.25) is 0 Å². The van der Waals surface area contributed by atoms with Crippen molar-refractivity contribution in [3.8, 4) is 17.2 Å². The molecule has 36 heavy (non-hydrogen) atoms. The van der Waals surface area contributed by atoms with E-state index >= 15 is 0 Å². The molecule has 11 heteroatoms. The van der Waals surface area contributed by atoms with Gasteiger partial charge in [-0.1, -0.05) is 11.6 Å². The molecule has 0 saturated heterocycles. The smallest absolute Gasteiger partial charge is 0.268 e. The van der Waals surface area contributed by atoms with Crippen molar-refractivity contribution in [3.63, 3.8) is 0 Å². The van der Waals surface area contributed by atoms with E-state index in [4.69, 9.17) is 22.1 Å². The number of aryl methyl sites for hydroxylation is 1. The number of ether oxygens (including phenoxy) is 1. The third kappa shape index (κ3) is 4.93.